The van der Waals surface area contributed by atoms with Crippen molar-refractivity contribution in [2.45, 2.75) is 19.9 Å². The molecule has 6 heteroatoms. The van der Waals surface area contributed by atoms with Crippen LogP contribution < -0.4 is 10.6 Å². The second-order valence-corrected chi connectivity index (χ2v) is 4.33. The Morgan fingerprint density at radius 2 is 2.05 bits per heavy atom. The van der Waals surface area contributed by atoms with E-state index < -0.39 is 23.9 Å². The van der Waals surface area contributed by atoms with Crippen molar-refractivity contribution in [1.29, 1.82) is 0 Å². The number of carbonyl (C=O) groups excluding carboxylic acids is 1. The van der Waals surface area contributed by atoms with Crippen molar-refractivity contribution >= 4 is 12.0 Å². The molecule has 1 aliphatic rings. The van der Waals surface area contributed by atoms with Crippen molar-refractivity contribution in [3.05, 3.63) is 46.4 Å². The Kier molecular flexibility index (Phi) is 3.25. The number of nitrogens with one attached hydrogen (secondary N) is 2. The third kappa shape index (κ3) is 2.29. The quantitative estimate of drug-likeness (QED) is 0.762. The van der Waals surface area contributed by atoms with Crippen molar-refractivity contribution in [1.82, 2.24) is 10.6 Å². The zero-order chi connectivity index (χ0) is 14.2. The lowest BCUT2D eigenvalue weighted by molar-refractivity contribution is -0.133. The number of hydrogen-bond donors (Lipinski definition) is 3. The molecule has 3 N–H and O–H groups in total. The van der Waals surface area contributed by atoms with Crippen LogP contribution in [-0.4, -0.2) is 17.1 Å². The lowest BCUT2D eigenvalue weighted by Crippen LogP contribution is -2.45. The van der Waals surface area contributed by atoms with E-state index in [0.717, 1.165) is 0 Å². The molecule has 1 heterocycles. The predicted molar refractivity (Wildman–Crippen MR) is 65.9 cm³/mol. The zero-order valence-corrected chi connectivity index (χ0v) is 10.5. The molecule has 19 heavy (non-hydrogen) atoms. The molecule has 1 aromatic carbocycles. The minimum atomic E-state index is -1.15. The molecule has 0 saturated carbocycles. The fourth-order valence-corrected chi connectivity index (χ4v) is 2.15. The highest BCUT2D eigenvalue weighted by atomic mass is 19.1. The summed E-state index contributed by atoms with van der Waals surface area (Å²) in [5, 5.41) is 14.2. The number of carboxylic acids is 1. The van der Waals surface area contributed by atoms with Crippen LogP contribution in [0.25, 0.3) is 0 Å². The number of carboxylic acid groups (broad SMARTS) is 1. The first-order valence-corrected chi connectivity index (χ1v) is 5.68. The first kappa shape index (κ1) is 13.1. The van der Waals surface area contributed by atoms with E-state index in [4.69, 9.17) is 0 Å². The van der Waals surface area contributed by atoms with E-state index in [1.165, 1.54) is 19.1 Å². The first-order chi connectivity index (χ1) is 8.91. The van der Waals surface area contributed by atoms with Crippen molar-refractivity contribution < 1.29 is 19.1 Å². The van der Waals surface area contributed by atoms with Gasteiger partial charge in [-0.05, 0) is 31.0 Å². The van der Waals surface area contributed by atoms with E-state index in [0.29, 0.717) is 11.1 Å². The highest BCUT2D eigenvalue weighted by Crippen LogP contribution is 2.29. The molecule has 100 valence electrons. The Morgan fingerprint density at radius 3 is 2.68 bits per heavy atom. The molecule has 0 saturated heterocycles. The van der Waals surface area contributed by atoms with Gasteiger partial charge in [-0.15, -0.1) is 0 Å². The fraction of sp³-hybridized carbons (Fsp3) is 0.231. The van der Waals surface area contributed by atoms with Gasteiger partial charge in [-0.1, -0.05) is 12.1 Å². The number of benzene rings is 1. The summed E-state index contributed by atoms with van der Waals surface area (Å²) in [7, 11) is 0. The third-order valence-corrected chi connectivity index (χ3v) is 3.12. The standard InChI is InChI=1S/C13H13FN2O3/c1-6-8(4-3-5-9(6)14)11-10(12(17)18)7(2)15-13(19)16-11/h3-5,11H,1-2H3,(H,17,18)(H2,15,16,19)/t11-/m0/s1. The zero-order valence-electron chi connectivity index (χ0n) is 10.5. The number of carbonyl (C=O) groups is 2. The van der Waals surface area contributed by atoms with Crippen LogP contribution in [0.3, 0.4) is 0 Å². The number of amides is 2. The van der Waals surface area contributed by atoms with E-state index in [9.17, 15) is 19.1 Å². The molecule has 0 fully saturated rings. The number of halogens is 1. The molecular weight excluding hydrogens is 251 g/mol. The summed E-state index contributed by atoms with van der Waals surface area (Å²) in [4.78, 5) is 22.8. The highest BCUT2D eigenvalue weighted by molar-refractivity contribution is 5.93. The molecule has 0 aliphatic carbocycles. The maximum atomic E-state index is 13.6. The lowest BCUT2D eigenvalue weighted by Gasteiger charge is -2.28. The number of urea groups is 1. The van der Waals surface area contributed by atoms with E-state index in [1.54, 1.807) is 13.0 Å². The van der Waals surface area contributed by atoms with E-state index in [-0.39, 0.29) is 11.3 Å². The van der Waals surface area contributed by atoms with Gasteiger partial charge in [0.1, 0.15) is 5.82 Å². The van der Waals surface area contributed by atoms with Crippen LogP contribution in [0.1, 0.15) is 24.1 Å². The number of aliphatic carboxylic acids is 1. The molecule has 1 aromatic rings. The number of rotatable bonds is 2. The predicted octanol–water partition coefficient (Wildman–Crippen LogP) is 1.85. The molecule has 2 rings (SSSR count). The van der Waals surface area contributed by atoms with Crippen LogP contribution in [0.5, 0.6) is 0 Å². The normalized spacial score (nSPS) is 18.9. The Bertz CT molecular complexity index is 596. The van der Waals surface area contributed by atoms with Gasteiger partial charge in [-0.25, -0.2) is 14.0 Å². The van der Waals surface area contributed by atoms with Gasteiger partial charge in [-0.3, -0.25) is 0 Å². The minimum absolute atomic E-state index is 0.00769. The average Bonchev–Trinajstić information content (AvgIpc) is 2.31. The smallest absolute Gasteiger partial charge is 0.335 e. The summed E-state index contributed by atoms with van der Waals surface area (Å²) in [6.45, 7) is 3.05. The fourth-order valence-electron chi connectivity index (χ4n) is 2.15. The third-order valence-electron chi connectivity index (χ3n) is 3.12. The SMILES string of the molecule is CC1=C(C(=O)O)[C@H](c2cccc(F)c2C)NC(=O)N1. The van der Waals surface area contributed by atoms with Gasteiger partial charge in [0, 0.05) is 5.70 Å². The summed E-state index contributed by atoms with van der Waals surface area (Å²) in [6, 6.07) is 3.02. The van der Waals surface area contributed by atoms with E-state index in [1.807, 2.05) is 0 Å². The van der Waals surface area contributed by atoms with Crippen LogP contribution in [0.15, 0.2) is 29.5 Å². The lowest BCUT2D eigenvalue weighted by atomic mass is 9.92. The summed E-state index contributed by atoms with van der Waals surface area (Å²) in [5.74, 6) is -1.59. The minimum Gasteiger partial charge on any atom is -0.478 e. The summed E-state index contributed by atoms with van der Waals surface area (Å²) in [5.41, 5.74) is 1.02. The van der Waals surface area contributed by atoms with Gasteiger partial charge >= 0.3 is 12.0 Å². The monoisotopic (exact) mass is 264 g/mol. The molecule has 5 nitrogen and oxygen atoms in total. The Morgan fingerprint density at radius 1 is 1.37 bits per heavy atom. The van der Waals surface area contributed by atoms with Crippen molar-refractivity contribution in [2.75, 3.05) is 0 Å². The highest BCUT2D eigenvalue weighted by Gasteiger charge is 2.32. The Balaban J connectivity index is 2.58. The number of allylic oxidation sites excluding steroid dienone is 1. The van der Waals surface area contributed by atoms with Crippen molar-refractivity contribution in [2.24, 2.45) is 0 Å². The maximum absolute atomic E-state index is 13.6. The number of hydrogen-bond acceptors (Lipinski definition) is 2. The first-order valence-electron chi connectivity index (χ1n) is 5.68. The van der Waals surface area contributed by atoms with Crippen LogP contribution >= 0.6 is 0 Å². The summed E-state index contributed by atoms with van der Waals surface area (Å²) >= 11 is 0. The molecule has 0 bridgehead atoms. The second-order valence-electron chi connectivity index (χ2n) is 4.33. The van der Waals surface area contributed by atoms with Crippen LogP contribution in [0.2, 0.25) is 0 Å². The summed E-state index contributed by atoms with van der Waals surface area (Å²) in [6.07, 6.45) is 0. The van der Waals surface area contributed by atoms with Crippen molar-refractivity contribution in [3.8, 4) is 0 Å². The molecular formula is C13H13FN2O3. The van der Waals surface area contributed by atoms with Gasteiger partial charge in [0.15, 0.2) is 0 Å². The maximum Gasteiger partial charge on any atom is 0.335 e. The topological polar surface area (TPSA) is 78.4 Å². The molecule has 0 spiro atoms. The van der Waals surface area contributed by atoms with Crippen LogP contribution in [0.4, 0.5) is 9.18 Å². The van der Waals surface area contributed by atoms with Gasteiger partial charge < -0.3 is 15.7 Å². The van der Waals surface area contributed by atoms with Gasteiger partial charge in [0.25, 0.3) is 0 Å². The Labute approximate surface area is 109 Å². The molecule has 0 aromatic heterocycles. The van der Waals surface area contributed by atoms with Gasteiger partial charge in [-0.2, -0.15) is 0 Å². The largest absolute Gasteiger partial charge is 0.478 e. The van der Waals surface area contributed by atoms with E-state index in [2.05, 4.69) is 10.6 Å². The molecule has 1 aliphatic heterocycles. The van der Waals surface area contributed by atoms with E-state index >= 15 is 0 Å². The van der Waals surface area contributed by atoms with Gasteiger partial charge in [0.2, 0.25) is 0 Å². The van der Waals surface area contributed by atoms with Crippen molar-refractivity contribution in [3.63, 3.8) is 0 Å². The second kappa shape index (κ2) is 4.72. The summed E-state index contributed by atoms with van der Waals surface area (Å²) < 4.78 is 13.6. The Hall–Kier alpha value is -2.37. The molecule has 2 amide bonds. The average molecular weight is 264 g/mol. The molecule has 1 atom stereocenters. The van der Waals surface area contributed by atoms with Crippen LogP contribution in [0, 0.1) is 12.7 Å². The van der Waals surface area contributed by atoms with Crippen LogP contribution in [-0.2, 0) is 4.79 Å². The molecule has 0 unspecified atom stereocenters. The van der Waals surface area contributed by atoms with Gasteiger partial charge in [0.05, 0.1) is 11.6 Å². The molecule has 0 radical (unpaired) electrons.